The molecule has 1 unspecified atom stereocenters. The Labute approximate surface area is 111 Å². The summed E-state index contributed by atoms with van der Waals surface area (Å²) in [5.41, 5.74) is 8.89. The number of hydrogen-bond donors (Lipinski definition) is 3. The standard InChI is InChI=1S/C14H18N2O3/c1-8-9-4-3-5-11(19-2)14(9)16-13(8)10(15)6-7-12(17)18/h3-5,10,16H,6-7,15H2,1-2H3,(H,17,18). The van der Waals surface area contributed by atoms with E-state index in [1.165, 1.54) is 0 Å². The number of carboxylic acids is 1. The average molecular weight is 262 g/mol. The van der Waals surface area contributed by atoms with Gasteiger partial charge in [0.15, 0.2) is 0 Å². The Kier molecular flexibility index (Phi) is 3.76. The highest BCUT2D eigenvalue weighted by atomic mass is 16.5. The number of nitrogens with two attached hydrogens (primary N) is 1. The Morgan fingerprint density at radius 3 is 2.89 bits per heavy atom. The lowest BCUT2D eigenvalue weighted by Gasteiger charge is -2.09. The van der Waals surface area contributed by atoms with Gasteiger partial charge >= 0.3 is 5.97 Å². The highest BCUT2D eigenvalue weighted by Gasteiger charge is 2.17. The van der Waals surface area contributed by atoms with Gasteiger partial charge < -0.3 is 20.6 Å². The average Bonchev–Trinajstić information content (AvgIpc) is 2.73. The number of aliphatic carboxylic acids is 1. The predicted molar refractivity (Wildman–Crippen MR) is 73.4 cm³/mol. The number of nitrogens with one attached hydrogen (secondary N) is 1. The minimum Gasteiger partial charge on any atom is -0.495 e. The van der Waals surface area contributed by atoms with Crippen LogP contribution in [0.2, 0.25) is 0 Å². The number of carboxylic acid groups (broad SMARTS) is 1. The predicted octanol–water partition coefficient (Wildman–Crippen LogP) is 2.35. The molecule has 0 aliphatic carbocycles. The lowest BCUT2D eigenvalue weighted by Crippen LogP contribution is -2.13. The van der Waals surface area contributed by atoms with Crippen LogP contribution in [0.3, 0.4) is 0 Å². The van der Waals surface area contributed by atoms with E-state index >= 15 is 0 Å². The van der Waals surface area contributed by atoms with E-state index in [4.69, 9.17) is 15.6 Å². The molecule has 0 amide bonds. The van der Waals surface area contributed by atoms with Crippen LogP contribution in [0.15, 0.2) is 18.2 Å². The Morgan fingerprint density at radius 1 is 1.53 bits per heavy atom. The van der Waals surface area contributed by atoms with Crippen molar-refractivity contribution in [3.8, 4) is 5.75 Å². The Balaban J connectivity index is 2.39. The quantitative estimate of drug-likeness (QED) is 0.771. The Hall–Kier alpha value is -2.01. The lowest BCUT2D eigenvalue weighted by atomic mass is 10.0. The molecule has 5 heteroatoms. The molecule has 4 N–H and O–H groups in total. The molecule has 0 saturated heterocycles. The number of para-hydroxylation sites is 1. The van der Waals surface area contributed by atoms with Gasteiger partial charge in [-0.25, -0.2) is 0 Å². The summed E-state index contributed by atoms with van der Waals surface area (Å²) in [6.07, 6.45) is 0.471. The Morgan fingerprint density at radius 2 is 2.26 bits per heavy atom. The molecular formula is C14H18N2O3. The summed E-state index contributed by atoms with van der Waals surface area (Å²) >= 11 is 0. The van der Waals surface area contributed by atoms with Gasteiger partial charge in [-0.2, -0.15) is 0 Å². The topological polar surface area (TPSA) is 88.3 Å². The molecular weight excluding hydrogens is 244 g/mol. The zero-order valence-corrected chi connectivity index (χ0v) is 11.1. The molecule has 0 aliphatic rings. The van der Waals surface area contributed by atoms with Crippen LogP contribution < -0.4 is 10.5 Å². The van der Waals surface area contributed by atoms with Crippen molar-refractivity contribution in [2.24, 2.45) is 5.73 Å². The number of aryl methyl sites for hydroxylation is 1. The molecule has 1 atom stereocenters. The van der Waals surface area contributed by atoms with Gasteiger partial charge in [0, 0.05) is 23.5 Å². The monoisotopic (exact) mass is 262 g/mol. The van der Waals surface area contributed by atoms with Crippen LogP contribution >= 0.6 is 0 Å². The molecule has 0 saturated carbocycles. The molecule has 1 aromatic carbocycles. The molecule has 5 nitrogen and oxygen atoms in total. The van der Waals surface area contributed by atoms with E-state index in [0.29, 0.717) is 6.42 Å². The third-order valence-electron chi connectivity index (χ3n) is 3.35. The van der Waals surface area contributed by atoms with Crippen LogP contribution in [-0.4, -0.2) is 23.2 Å². The molecule has 2 rings (SSSR count). The number of aromatic nitrogens is 1. The first-order chi connectivity index (χ1) is 9.04. The lowest BCUT2D eigenvalue weighted by molar-refractivity contribution is -0.137. The van der Waals surface area contributed by atoms with Crippen LogP contribution in [0.5, 0.6) is 5.75 Å². The van der Waals surface area contributed by atoms with Crippen molar-refractivity contribution in [3.63, 3.8) is 0 Å². The first-order valence-corrected chi connectivity index (χ1v) is 6.17. The Bertz CT molecular complexity index is 604. The number of aromatic amines is 1. The maximum absolute atomic E-state index is 10.6. The fourth-order valence-electron chi connectivity index (χ4n) is 2.31. The minimum atomic E-state index is -0.832. The second kappa shape index (κ2) is 5.32. The van der Waals surface area contributed by atoms with Crippen molar-refractivity contribution in [2.75, 3.05) is 7.11 Å². The molecule has 0 spiro atoms. The summed E-state index contributed by atoms with van der Waals surface area (Å²) in [4.78, 5) is 13.9. The molecule has 1 heterocycles. The molecule has 2 aromatic rings. The largest absolute Gasteiger partial charge is 0.495 e. The summed E-state index contributed by atoms with van der Waals surface area (Å²) in [5, 5.41) is 9.77. The fourth-order valence-corrected chi connectivity index (χ4v) is 2.31. The van der Waals surface area contributed by atoms with Crippen LogP contribution in [0.25, 0.3) is 10.9 Å². The summed E-state index contributed by atoms with van der Waals surface area (Å²) in [6.45, 7) is 1.98. The van der Waals surface area contributed by atoms with E-state index in [1.54, 1.807) is 7.11 Å². The van der Waals surface area contributed by atoms with Gasteiger partial charge in [-0.1, -0.05) is 12.1 Å². The normalized spacial score (nSPS) is 12.6. The summed E-state index contributed by atoms with van der Waals surface area (Å²) in [5.74, 6) is -0.0703. The summed E-state index contributed by atoms with van der Waals surface area (Å²) < 4.78 is 5.31. The van der Waals surface area contributed by atoms with E-state index in [1.807, 2.05) is 25.1 Å². The first kappa shape index (κ1) is 13.4. The van der Waals surface area contributed by atoms with Gasteiger partial charge in [-0.05, 0) is 25.0 Å². The second-order valence-corrected chi connectivity index (χ2v) is 4.59. The second-order valence-electron chi connectivity index (χ2n) is 4.59. The van der Waals surface area contributed by atoms with E-state index < -0.39 is 5.97 Å². The van der Waals surface area contributed by atoms with Crippen molar-refractivity contribution in [2.45, 2.75) is 25.8 Å². The molecule has 102 valence electrons. The van der Waals surface area contributed by atoms with Crippen LogP contribution in [0.4, 0.5) is 0 Å². The third kappa shape index (κ3) is 2.56. The maximum atomic E-state index is 10.6. The van der Waals surface area contributed by atoms with Crippen LogP contribution in [0.1, 0.15) is 30.1 Å². The molecule has 0 radical (unpaired) electrons. The van der Waals surface area contributed by atoms with Crippen molar-refractivity contribution >= 4 is 16.9 Å². The minimum absolute atomic E-state index is 0.0626. The van der Waals surface area contributed by atoms with Crippen LogP contribution in [-0.2, 0) is 4.79 Å². The number of hydrogen-bond acceptors (Lipinski definition) is 3. The van der Waals surface area contributed by atoms with Crippen molar-refractivity contribution < 1.29 is 14.6 Å². The van der Waals surface area contributed by atoms with Crippen LogP contribution in [0, 0.1) is 6.92 Å². The first-order valence-electron chi connectivity index (χ1n) is 6.17. The number of benzene rings is 1. The molecule has 1 aromatic heterocycles. The van der Waals surface area contributed by atoms with Crippen molar-refractivity contribution in [1.29, 1.82) is 0 Å². The number of rotatable bonds is 5. The number of ether oxygens (including phenoxy) is 1. The van der Waals surface area contributed by atoms with E-state index in [-0.39, 0.29) is 12.5 Å². The van der Waals surface area contributed by atoms with Gasteiger partial charge in [0.25, 0.3) is 0 Å². The highest BCUT2D eigenvalue weighted by molar-refractivity contribution is 5.89. The number of fused-ring (bicyclic) bond motifs is 1. The van der Waals surface area contributed by atoms with E-state index in [0.717, 1.165) is 27.9 Å². The number of H-pyrrole nitrogens is 1. The van der Waals surface area contributed by atoms with E-state index in [2.05, 4.69) is 4.98 Å². The summed E-state index contributed by atoms with van der Waals surface area (Å²) in [7, 11) is 1.62. The molecule has 0 fully saturated rings. The highest BCUT2D eigenvalue weighted by Crippen LogP contribution is 2.32. The van der Waals surface area contributed by atoms with Gasteiger partial charge in [0.05, 0.1) is 12.6 Å². The third-order valence-corrected chi connectivity index (χ3v) is 3.35. The smallest absolute Gasteiger partial charge is 0.303 e. The molecule has 0 aliphatic heterocycles. The van der Waals surface area contributed by atoms with Crippen molar-refractivity contribution in [1.82, 2.24) is 4.98 Å². The fraction of sp³-hybridized carbons (Fsp3) is 0.357. The van der Waals surface area contributed by atoms with Crippen molar-refractivity contribution in [3.05, 3.63) is 29.5 Å². The maximum Gasteiger partial charge on any atom is 0.303 e. The summed E-state index contributed by atoms with van der Waals surface area (Å²) in [6, 6.07) is 5.49. The van der Waals surface area contributed by atoms with Gasteiger partial charge in [-0.15, -0.1) is 0 Å². The molecule has 0 bridgehead atoms. The SMILES string of the molecule is COc1cccc2c(C)c(C(N)CCC(=O)O)[nH]c12. The zero-order chi connectivity index (χ0) is 14.0. The number of carbonyl (C=O) groups is 1. The van der Waals surface area contributed by atoms with Gasteiger partial charge in [0.1, 0.15) is 5.75 Å². The van der Waals surface area contributed by atoms with Gasteiger partial charge in [-0.3, -0.25) is 4.79 Å². The number of methoxy groups -OCH3 is 1. The zero-order valence-electron chi connectivity index (χ0n) is 11.1. The van der Waals surface area contributed by atoms with Gasteiger partial charge in [0.2, 0.25) is 0 Å². The molecule has 19 heavy (non-hydrogen) atoms. The van der Waals surface area contributed by atoms with E-state index in [9.17, 15) is 4.79 Å².